The van der Waals surface area contributed by atoms with Crippen LogP contribution in [0, 0.1) is 0 Å². The standard InChI is InChI=1S/C23H34N4O5S/c1-24(2)13-20(29)27-15-23(8-10-26(11-9-23)33(5,30)31)21-17-7-6-16(32-4)12-18(17)25(3)22(21)19(27)14-28/h6-7,12,19,28H,8-11,13-15H2,1-5H3/t19-/m1/s1. The number of aryl methyl sites for hydroxylation is 1. The highest BCUT2D eigenvalue weighted by atomic mass is 32.2. The third kappa shape index (κ3) is 4.03. The normalized spacial score (nSPS) is 21.1. The molecule has 33 heavy (non-hydrogen) atoms. The molecule has 1 spiro atoms. The molecule has 1 atom stereocenters. The molecule has 0 bridgehead atoms. The molecule has 10 heteroatoms. The first kappa shape index (κ1) is 24.0. The van der Waals surface area contributed by atoms with Gasteiger partial charge in [-0.25, -0.2) is 12.7 Å². The highest BCUT2D eigenvalue weighted by molar-refractivity contribution is 7.88. The van der Waals surface area contributed by atoms with E-state index in [1.165, 1.54) is 10.6 Å². The summed E-state index contributed by atoms with van der Waals surface area (Å²) in [7, 11) is 4.01. The van der Waals surface area contributed by atoms with Crippen LogP contribution in [0.2, 0.25) is 0 Å². The van der Waals surface area contributed by atoms with Gasteiger partial charge in [-0.3, -0.25) is 4.79 Å². The van der Waals surface area contributed by atoms with Crippen molar-refractivity contribution in [3.63, 3.8) is 0 Å². The molecule has 2 aromatic rings. The summed E-state index contributed by atoms with van der Waals surface area (Å²) in [5.41, 5.74) is 2.64. The number of methoxy groups -OCH3 is 1. The quantitative estimate of drug-likeness (QED) is 0.687. The average Bonchev–Trinajstić information content (AvgIpc) is 3.06. The summed E-state index contributed by atoms with van der Waals surface area (Å²) < 4.78 is 33.4. The van der Waals surface area contributed by atoms with Gasteiger partial charge in [-0.1, -0.05) is 0 Å². The number of likely N-dealkylation sites (N-methyl/N-ethyl adjacent to an activating group) is 1. The molecule has 0 radical (unpaired) electrons. The number of amides is 1. The number of piperidine rings is 1. The van der Waals surface area contributed by atoms with Gasteiger partial charge >= 0.3 is 0 Å². The lowest BCUT2D eigenvalue weighted by Gasteiger charge is -2.50. The lowest BCUT2D eigenvalue weighted by atomic mass is 9.68. The highest BCUT2D eigenvalue weighted by Gasteiger charge is 2.50. The molecule has 1 aromatic heterocycles. The number of aliphatic hydroxyl groups excluding tert-OH is 1. The van der Waals surface area contributed by atoms with E-state index in [4.69, 9.17) is 4.74 Å². The van der Waals surface area contributed by atoms with E-state index in [1.54, 1.807) is 12.0 Å². The van der Waals surface area contributed by atoms with E-state index >= 15 is 0 Å². The van der Waals surface area contributed by atoms with Gasteiger partial charge in [0.05, 0.1) is 38.1 Å². The van der Waals surface area contributed by atoms with Gasteiger partial charge in [0.25, 0.3) is 0 Å². The zero-order valence-corrected chi connectivity index (χ0v) is 20.9. The minimum absolute atomic E-state index is 0.0440. The van der Waals surface area contributed by atoms with Crippen molar-refractivity contribution in [3.8, 4) is 5.75 Å². The summed E-state index contributed by atoms with van der Waals surface area (Å²) in [6.45, 7) is 1.34. The van der Waals surface area contributed by atoms with E-state index in [9.17, 15) is 18.3 Å². The zero-order chi connectivity index (χ0) is 24.1. The van der Waals surface area contributed by atoms with Gasteiger partial charge < -0.3 is 24.2 Å². The number of carbonyl (C=O) groups excluding carboxylic acids is 1. The smallest absolute Gasteiger partial charge is 0.237 e. The Morgan fingerprint density at radius 1 is 1.27 bits per heavy atom. The number of carbonyl (C=O) groups is 1. The molecule has 9 nitrogen and oxygen atoms in total. The number of hydrogen-bond acceptors (Lipinski definition) is 6. The van der Waals surface area contributed by atoms with Crippen LogP contribution >= 0.6 is 0 Å². The molecule has 4 rings (SSSR count). The molecule has 182 valence electrons. The number of aromatic nitrogens is 1. The molecule has 0 aliphatic carbocycles. The van der Waals surface area contributed by atoms with E-state index in [-0.39, 0.29) is 19.1 Å². The van der Waals surface area contributed by atoms with Gasteiger partial charge in [-0.15, -0.1) is 0 Å². The Kier molecular flexibility index (Phi) is 6.24. The van der Waals surface area contributed by atoms with Crippen LogP contribution in [0.1, 0.15) is 30.1 Å². The molecule has 1 aromatic carbocycles. The second-order valence-corrected chi connectivity index (χ2v) is 11.6. The highest BCUT2D eigenvalue weighted by Crippen LogP contribution is 2.50. The summed E-state index contributed by atoms with van der Waals surface area (Å²) in [5, 5.41) is 11.5. The lowest BCUT2D eigenvalue weighted by molar-refractivity contribution is -0.138. The van der Waals surface area contributed by atoms with Crippen molar-refractivity contribution in [2.45, 2.75) is 24.3 Å². The van der Waals surface area contributed by atoms with Gasteiger partial charge in [-0.2, -0.15) is 0 Å². The molecular formula is C23H34N4O5S. The second-order valence-electron chi connectivity index (χ2n) is 9.60. The molecule has 1 saturated heterocycles. The Morgan fingerprint density at radius 2 is 1.94 bits per heavy atom. The van der Waals surface area contributed by atoms with Crippen LogP contribution < -0.4 is 4.74 Å². The third-order valence-electron chi connectivity index (χ3n) is 7.24. The first-order valence-corrected chi connectivity index (χ1v) is 13.0. The summed E-state index contributed by atoms with van der Waals surface area (Å²) in [6.07, 6.45) is 2.47. The van der Waals surface area contributed by atoms with Crippen molar-refractivity contribution in [1.82, 2.24) is 18.7 Å². The number of hydrogen-bond donors (Lipinski definition) is 1. The molecule has 0 saturated carbocycles. The Balaban J connectivity index is 1.90. The van der Waals surface area contributed by atoms with Crippen LogP contribution in [0.3, 0.4) is 0 Å². The summed E-state index contributed by atoms with van der Waals surface area (Å²) in [5.74, 6) is 0.694. The minimum atomic E-state index is -3.28. The Bertz CT molecular complexity index is 1170. The first-order chi connectivity index (χ1) is 15.5. The maximum absolute atomic E-state index is 13.3. The Morgan fingerprint density at radius 3 is 2.48 bits per heavy atom. The average molecular weight is 479 g/mol. The van der Waals surface area contributed by atoms with Crippen LogP contribution in [0.15, 0.2) is 18.2 Å². The molecule has 3 heterocycles. The maximum Gasteiger partial charge on any atom is 0.237 e. The Hall–Kier alpha value is -2.14. The molecule has 1 fully saturated rings. The minimum Gasteiger partial charge on any atom is -0.497 e. The van der Waals surface area contributed by atoms with Crippen LogP contribution in [0.25, 0.3) is 10.9 Å². The van der Waals surface area contributed by atoms with Crippen molar-refractivity contribution in [2.75, 3.05) is 60.2 Å². The Labute approximate surface area is 195 Å². The van der Waals surface area contributed by atoms with Crippen LogP contribution in [-0.4, -0.2) is 98.4 Å². The molecule has 2 aliphatic heterocycles. The fourth-order valence-corrected chi connectivity index (χ4v) is 6.48. The number of aliphatic hydroxyl groups is 1. The fourth-order valence-electron chi connectivity index (χ4n) is 5.64. The fraction of sp³-hybridized carbons (Fsp3) is 0.609. The molecule has 0 unspecified atom stereocenters. The van der Waals surface area contributed by atoms with Crippen LogP contribution in [-0.2, 0) is 27.3 Å². The van der Waals surface area contributed by atoms with E-state index in [0.29, 0.717) is 32.5 Å². The first-order valence-electron chi connectivity index (χ1n) is 11.2. The van der Waals surface area contributed by atoms with E-state index in [0.717, 1.165) is 27.9 Å². The zero-order valence-electron chi connectivity index (χ0n) is 20.0. The largest absolute Gasteiger partial charge is 0.497 e. The van der Waals surface area contributed by atoms with Crippen molar-refractivity contribution in [1.29, 1.82) is 0 Å². The molecule has 1 N–H and O–H groups in total. The van der Waals surface area contributed by atoms with Gasteiger partial charge in [0.1, 0.15) is 5.75 Å². The third-order valence-corrected chi connectivity index (χ3v) is 8.54. The number of fused-ring (bicyclic) bond motifs is 4. The molecule has 2 aliphatic rings. The number of sulfonamides is 1. The van der Waals surface area contributed by atoms with E-state index < -0.39 is 21.5 Å². The lowest BCUT2D eigenvalue weighted by Crippen LogP contribution is -2.57. The van der Waals surface area contributed by atoms with Crippen LogP contribution in [0.5, 0.6) is 5.75 Å². The number of nitrogens with zero attached hydrogens (tertiary/aromatic N) is 4. The number of ether oxygens (including phenoxy) is 1. The van der Waals surface area contributed by atoms with E-state index in [1.807, 2.05) is 44.2 Å². The van der Waals surface area contributed by atoms with Crippen molar-refractivity contribution >= 4 is 26.8 Å². The molecule has 1 amide bonds. The maximum atomic E-state index is 13.3. The summed E-state index contributed by atoms with van der Waals surface area (Å²) in [4.78, 5) is 16.9. The van der Waals surface area contributed by atoms with Crippen molar-refractivity contribution in [2.24, 2.45) is 7.05 Å². The van der Waals surface area contributed by atoms with Gasteiger partial charge in [0.2, 0.25) is 15.9 Å². The second kappa shape index (κ2) is 8.57. The van der Waals surface area contributed by atoms with Gasteiger partial charge in [0, 0.05) is 49.2 Å². The monoisotopic (exact) mass is 478 g/mol. The predicted molar refractivity (Wildman–Crippen MR) is 127 cm³/mol. The summed E-state index contributed by atoms with van der Waals surface area (Å²) >= 11 is 0. The van der Waals surface area contributed by atoms with Crippen LogP contribution in [0.4, 0.5) is 0 Å². The SMILES string of the molecule is COc1ccc2c3c(n(C)c2c1)[C@@H](CO)N(C(=O)CN(C)C)CC31CCN(S(C)(=O)=O)CC1. The summed E-state index contributed by atoms with van der Waals surface area (Å²) in [6, 6.07) is 5.49. The number of rotatable bonds is 5. The van der Waals surface area contributed by atoms with Crippen molar-refractivity contribution < 1.29 is 23.1 Å². The topological polar surface area (TPSA) is 95.3 Å². The molecular weight excluding hydrogens is 444 g/mol. The van der Waals surface area contributed by atoms with E-state index in [2.05, 4.69) is 4.57 Å². The van der Waals surface area contributed by atoms with Crippen molar-refractivity contribution in [3.05, 3.63) is 29.5 Å². The predicted octanol–water partition coefficient (Wildman–Crippen LogP) is 0.917. The number of benzene rings is 1. The van der Waals surface area contributed by atoms with Gasteiger partial charge in [0.15, 0.2) is 0 Å². The van der Waals surface area contributed by atoms with Gasteiger partial charge in [-0.05, 0) is 44.6 Å².